The van der Waals surface area contributed by atoms with Crippen LogP contribution >= 0.6 is 0 Å². The third-order valence-electron chi connectivity index (χ3n) is 3.22. The molecule has 98 valence electrons. The van der Waals surface area contributed by atoms with Crippen molar-refractivity contribution in [2.75, 3.05) is 13.1 Å². The molecule has 0 aliphatic carbocycles. The smallest absolute Gasteiger partial charge is 0.251 e. The van der Waals surface area contributed by atoms with E-state index in [1.165, 1.54) is 0 Å². The van der Waals surface area contributed by atoms with Crippen LogP contribution in [0.15, 0.2) is 18.2 Å². The van der Waals surface area contributed by atoms with Gasteiger partial charge in [-0.2, -0.15) is 0 Å². The lowest BCUT2D eigenvalue weighted by Gasteiger charge is -2.24. The second-order valence-corrected chi connectivity index (χ2v) is 4.93. The van der Waals surface area contributed by atoms with Crippen molar-refractivity contribution >= 4 is 5.91 Å². The van der Waals surface area contributed by atoms with Crippen LogP contribution in [0.3, 0.4) is 0 Å². The van der Waals surface area contributed by atoms with Gasteiger partial charge in [0.1, 0.15) is 11.6 Å². The summed E-state index contributed by atoms with van der Waals surface area (Å²) < 4.78 is 25.9. The zero-order chi connectivity index (χ0) is 13.2. The van der Waals surface area contributed by atoms with Gasteiger partial charge in [-0.05, 0) is 38.4 Å². The fourth-order valence-electron chi connectivity index (χ4n) is 2.17. The Labute approximate surface area is 105 Å². The van der Waals surface area contributed by atoms with E-state index in [1.54, 1.807) is 0 Å². The summed E-state index contributed by atoms with van der Waals surface area (Å²) in [5, 5.41) is 6.00. The average Bonchev–Trinajstić information content (AvgIpc) is 2.72. The van der Waals surface area contributed by atoms with Crippen LogP contribution in [-0.2, 0) is 0 Å². The summed E-state index contributed by atoms with van der Waals surface area (Å²) in [6.07, 6.45) is 2.05. The highest BCUT2D eigenvalue weighted by molar-refractivity contribution is 5.94. The molecule has 0 radical (unpaired) electrons. The van der Waals surface area contributed by atoms with Crippen LogP contribution in [0.1, 0.15) is 30.1 Å². The Kier molecular flexibility index (Phi) is 3.61. The molecule has 5 heteroatoms. The molecule has 0 saturated carbocycles. The Morgan fingerprint density at radius 1 is 1.39 bits per heavy atom. The summed E-state index contributed by atoms with van der Waals surface area (Å²) in [7, 11) is 0. The van der Waals surface area contributed by atoms with E-state index < -0.39 is 17.5 Å². The van der Waals surface area contributed by atoms with Gasteiger partial charge in [0.2, 0.25) is 0 Å². The van der Waals surface area contributed by atoms with Crippen molar-refractivity contribution in [1.82, 2.24) is 10.6 Å². The van der Waals surface area contributed by atoms with Crippen LogP contribution < -0.4 is 10.6 Å². The number of rotatable bonds is 3. The molecule has 3 nitrogen and oxygen atoms in total. The molecule has 2 rings (SSSR count). The van der Waals surface area contributed by atoms with Gasteiger partial charge in [-0.15, -0.1) is 0 Å². The molecule has 0 bridgehead atoms. The minimum Gasteiger partial charge on any atom is -0.350 e. The van der Waals surface area contributed by atoms with Crippen LogP contribution in [0.2, 0.25) is 0 Å². The molecule has 1 heterocycles. The summed E-state index contributed by atoms with van der Waals surface area (Å²) in [6.45, 7) is 3.40. The standard InChI is InChI=1S/C13H16F2N2O/c1-13(3-2-4-17-13)8-16-12(18)9-5-10(14)7-11(15)6-9/h5-7,17H,2-4,8H2,1H3,(H,16,18). The van der Waals surface area contributed by atoms with Crippen molar-refractivity contribution in [2.24, 2.45) is 0 Å². The molecule has 1 aliphatic rings. The Bertz CT molecular complexity index is 436. The summed E-state index contributed by atoms with van der Waals surface area (Å²) in [5.74, 6) is -1.95. The maximum atomic E-state index is 13.0. The molecule has 1 aromatic rings. The summed E-state index contributed by atoms with van der Waals surface area (Å²) >= 11 is 0. The number of carbonyl (C=O) groups excluding carboxylic acids is 1. The topological polar surface area (TPSA) is 41.1 Å². The second-order valence-electron chi connectivity index (χ2n) is 4.93. The van der Waals surface area contributed by atoms with Gasteiger partial charge in [-0.1, -0.05) is 0 Å². The monoisotopic (exact) mass is 254 g/mol. The van der Waals surface area contributed by atoms with Crippen molar-refractivity contribution in [2.45, 2.75) is 25.3 Å². The molecule has 2 N–H and O–H groups in total. The predicted octanol–water partition coefficient (Wildman–Crippen LogP) is 1.84. The van der Waals surface area contributed by atoms with Gasteiger partial charge in [-0.25, -0.2) is 8.78 Å². The Balaban J connectivity index is 1.99. The first-order chi connectivity index (χ1) is 8.48. The normalized spacial score (nSPS) is 23.1. The van der Waals surface area contributed by atoms with Gasteiger partial charge in [-0.3, -0.25) is 4.79 Å². The molecular weight excluding hydrogens is 238 g/mol. The van der Waals surface area contributed by atoms with E-state index in [-0.39, 0.29) is 11.1 Å². The maximum Gasteiger partial charge on any atom is 0.251 e. The zero-order valence-corrected chi connectivity index (χ0v) is 10.2. The number of hydrogen-bond donors (Lipinski definition) is 2. The van der Waals surface area contributed by atoms with E-state index in [2.05, 4.69) is 10.6 Å². The van der Waals surface area contributed by atoms with Gasteiger partial charge >= 0.3 is 0 Å². The SMILES string of the molecule is CC1(CNC(=O)c2cc(F)cc(F)c2)CCCN1. The minimum absolute atomic E-state index is 0.00842. The van der Waals surface area contributed by atoms with Crippen LogP contribution in [0.5, 0.6) is 0 Å². The van der Waals surface area contributed by atoms with E-state index in [9.17, 15) is 13.6 Å². The number of benzene rings is 1. The lowest BCUT2D eigenvalue weighted by Crippen LogP contribution is -2.47. The highest BCUT2D eigenvalue weighted by atomic mass is 19.1. The molecule has 18 heavy (non-hydrogen) atoms. The number of amides is 1. The van der Waals surface area contributed by atoms with Gasteiger partial charge in [0.25, 0.3) is 5.91 Å². The van der Waals surface area contributed by atoms with Crippen molar-refractivity contribution in [3.05, 3.63) is 35.4 Å². The van der Waals surface area contributed by atoms with Crippen LogP contribution in [0.4, 0.5) is 8.78 Å². The van der Waals surface area contributed by atoms with Gasteiger partial charge in [0.15, 0.2) is 0 Å². The Morgan fingerprint density at radius 3 is 2.61 bits per heavy atom. The lowest BCUT2D eigenvalue weighted by molar-refractivity contribution is 0.0941. The molecule has 1 amide bonds. The second kappa shape index (κ2) is 5.02. The van der Waals surface area contributed by atoms with E-state index in [0.717, 1.165) is 37.6 Å². The molecule has 1 aliphatic heterocycles. The van der Waals surface area contributed by atoms with Crippen LogP contribution in [0.25, 0.3) is 0 Å². The highest BCUT2D eigenvalue weighted by Gasteiger charge is 2.28. The van der Waals surface area contributed by atoms with Gasteiger partial charge < -0.3 is 10.6 Å². The van der Waals surface area contributed by atoms with Crippen molar-refractivity contribution in [3.8, 4) is 0 Å². The van der Waals surface area contributed by atoms with Crippen molar-refractivity contribution in [3.63, 3.8) is 0 Å². The predicted molar refractivity (Wildman–Crippen MR) is 64.3 cm³/mol. The molecule has 0 spiro atoms. The first-order valence-corrected chi connectivity index (χ1v) is 5.98. The number of halogens is 2. The molecule has 1 saturated heterocycles. The molecule has 1 aromatic carbocycles. The fourth-order valence-corrected chi connectivity index (χ4v) is 2.17. The molecule has 0 aromatic heterocycles. The van der Waals surface area contributed by atoms with E-state index in [0.29, 0.717) is 6.54 Å². The first-order valence-electron chi connectivity index (χ1n) is 5.98. The summed E-state index contributed by atoms with van der Waals surface area (Å²) in [6, 6.07) is 2.81. The quantitative estimate of drug-likeness (QED) is 0.864. The van der Waals surface area contributed by atoms with E-state index in [4.69, 9.17) is 0 Å². The maximum absolute atomic E-state index is 13.0. The minimum atomic E-state index is -0.745. The number of carbonyl (C=O) groups is 1. The van der Waals surface area contributed by atoms with Crippen molar-refractivity contribution < 1.29 is 13.6 Å². The molecule has 1 unspecified atom stereocenters. The molecule has 1 atom stereocenters. The van der Waals surface area contributed by atoms with Gasteiger partial charge in [0, 0.05) is 23.7 Å². The first kappa shape index (κ1) is 13.0. The third kappa shape index (κ3) is 3.04. The Hall–Kier alpha value is -1.49. The highest BCUT2D eigenvalue weighted by Crippen LogP contribution is 2.17. The number of hydrogen-bond acceptors (Lipinski definition) is 2. The van der Waals surface area contributed by atoms with Crippen molar-refractivity contribution in [1.29, 1.82) is 0 Å². The zero-order valence-electron chi connectivity index (χ0n) is 10.2. The van der Waals surface area contributed by atoms with Crippen LogP contribution in [0, 0.1) is 11.6 Å². The Morgan fingerprint density at radius 2 is 2.06 bits per heavy atom. The average molecular weight is 254 g/mol. The molecular formula is C13H16F2N2O. The fraction of sp³-hybridized carbons (Fsp3) is 0.462. The summed E-state index contributed by atoms with van der Waals surface area (Å²) in [4.78, 5) is 11.8. The van der Waals surface area contributed by atoms with Crippen LogP contribution in [-0.4, -0.2) is 24.5 Å². The number of nitrogens with one attached hydrogen (secondary N) is 2. The molecule has 1 fully saturated rings. The lowest BCUT2D eigenvalue weighted by atomic mass is 10.0. The third-order valence-corrected chi connectivity index (χ3v) is 3.22. The van der Waals surface area contributed by atoms with E-state index in [1.807, 2.05) is 6.92 Å². The largest absolute Gasteiger partial charge is 0.350 e. The summed E-state index contributed by atoms with van der Waals surface area (Å²) in [5.41, 5.74) is -0.115. The van der Waals surface area contributed by atoms with Gasteiger partial charge in [0.05, 0.1) is 0 Å². The van der Waals surface area contributed by atoms with E-state index >= 15 is 0 Å².